The summed E-state index contributed by atoms with van der Waals surface area (Å²) in [6, 6.07) is 62.0. The highest BCUT2D eigenvalue weighted by Crippen LogP contribution is 2.45. The summed E-state index contributed by atoms with van der Waals surface area (Å²) in [5.74, 6) is 0.874. The third-order valence-corrected chi connectivity index (χ3v) is 9.46. The molecule has 2 heterocycles. The molecule has 0 saturated carbocycles. The molecule has 2 aromatic heterocycles. The number of hydrogen-bond donors (Lipinski definition) is 0. The van der Waals surface area contributed by atoms with Gasteiger partial charge >= 0.3 is 0 Å². The minimum atomic E-state index is 0.699. The Balaban J connectivity index is 1.38. The van der Waals surface area contributed by atoms with Crippen molar-refractivity contribution in [2.24, 2.45) is 0 Å². The third-order valence-electron chi connectivity index (χ3n) is 9.23. The summed E-state index contributed by atoms with van der Waals surface area (Å²) in [5, 5.41) is 5.39. The van der Waals surface area contributed by atoms with Gasteiger partial charge < -0.3 is 4.90 Å². The second kappa shape index (κ2) is 12.1. The molecule has 0 aliphatic heterocycles. The van der Waals surface area contributed by atoms with Crippen molar-refractivity contribution >= 4 is 61.2 Å². The fourth-order valence-electron chi connectivity index (χ4n) is 7.12. The maximum atomic E-state index is 6.66. The largest absolute Gasteiger partial charge is 0.310 e. The predicted molar refractivity (Wildman–Crippen MR) is 207 cm³/mol. The second-order valence-corrected chi connectivity index (χ2v) is 12.6. The fourth-order valence-corrected chi connectivity index (χ4v) is 7.31. The Morgan fingerprint density at radius 2 is 1.16 bits per heavy atom. The Morgan fingerprint density at radius 1 is 0.469 bits per heavy atom. The zero-order valence-corrected chi connectivity index (χ0v) is 27.3. The van der Waals surface area contributed by atoms with Crippen molar-refractivity contribution in [3.63, 3.8) is 0 Å². The molecule has 0 saturated heterocycles. The van der Waals surface area contributed by atoms with Crippen molar-refractivity contribution in [2.45, 2.75) is 0 Å². The van der Waals surface area contributed by atoms with E-state index in [9.17, 15) is 0 Å². The SMILES string of the molecule is Clc1cccc(-c2cc(-c3cc(N(c4ccccc4)c4ccccc4)cc4ccccc34)cc3c4ccccc4n(-c4ccccn4)c23)c1. The Hall–Kier alpha value is -6.16. The molecule has 0 radical (unpaired) electrons. The smallest absolute Gasteiger partial charge is 0.137 e. The number of anilines is 3. The normalized spacial score (nSPS) is 11.4. The van der Waals surface area contributed by atoms with Crippen LogP contribution in [0.2, 0.25) is 5.02 Å². The Kier molecular flexibility index (Phi) is 7.18. The number of fused-ring (bicyclic) bond motifs is 4. The van der Waals surface area contributed by atoms with Gasteiger partial charge in [-0.25, -0.2) is 4.98 Å². The van der Waals surface area contributed by atoms with Crippen molar-refractivity contribution in [3.8, 4) is 28.1 Å². The molecule has 7 aromatic carbocycles. The molecule has 0 amide bonds. The van der Waals surface area contributed by atoms with Gasteiger partial charge in [-0.2, -0.15) is 0 Å². The van der Waals surface area contributed by atoms with Crippen molar-refractivity contribution in [1.82, 2.24) is 9.55 Å². The fraction of sp³-hybridized carbons (Fsp3) is 0. The van der Waals surface area contributed by atoms with Crippen molar-refractivity contribution in [3.05, 3.63) is 187 Å². The summed E-state index contributed by atoms with van der Waals surface area (Å²) >= 11 is 6.66. The van der Waals surface area contributed by atoms with E-state index in [1.807, 2.05) is 30.5 Å². The van der Waals surface area contributed by atoms with E-state index in [0.717, 1.165) is 61.6 Å². The van der Waals surface area contributed by atoms with Crippen LogP contribution in [0.3, 0.4) is 0 Å². The van der Waals surface area contributed by atoms with Gasteiger partial charge in [0.2, 0.25) is 0 Å². The first-order valence-corrected chi connectivity index (χ1v) is 16.8. The molecular formula is C45H30ClN3. The molecule has 9 aromatic rings. The van der Waals surface area contributed by atoms with Crippen LogP contribution < -0.4 is 4.90 Å². The lowest BCUT2D eigenvalue weighted by atomic mass is 9.92. The van der Waals surface area contributed by atoms with Crippen LogP contribution in [0.5, 0.6) is 0 Å². The average molecular weight is 648 g/mol. The van der Waals surface area contributed by atoms with Crippen LogP contribution in [0.25, 0.3) is 60.6 Å². The molecule has 49 heavy (non-hydrogen) atoms. The summed E-state index contributed by atoms with van der Waals surface area (Å²) < 4.78 is 2.28. The summed E-state index contributed by atoms with van der Waals surface area (Å²) in [6.45, 7) is 0. The highest BCUT2D eigenvalue weighted by atomic mass is 35.5. The lowest BCUT2D eigenvalue weighted by Crippen LogP contribution is -2.10. The number of nitrogens with zero attached hydrogens (tertiary/aromatic N) is 3. The summed E-state index contributed by atoms with van der Waals surface area (Å²) in [6.07, 6.45) is 1.85. The van der Waals surface area contributed by atoms with Gasteiger partial charge in [-0.3, -0.25) is 4.57 Å². The minimum Gasteiger partial charge on any atom is -0.310 e. The van der Waals surface area contributed by atoms with E-state index in [0.29, 0.717) is 5.02 Å². The van der Waals surface area contributed by atoms with Gasteiger partial charge in [0.05, 0.1) is 11.0 Å². The molecule has 4 heteroatoms. The Bertz CT molecular complexity index is 2570. The maximum Gasteiger partial charge on any atom is 0.137 e. The van der Waals surface area contributed by atoms with Crippen LogP contribution in [-0.2, 0) is 0 Å². The first-order valence-electron chi connectivity index (χ1n) is 16.4. The van der Waals surface area contributed by atoms with Gasteiger partial charge in [-0.05, 0) is 106 Å². The van der Waals surface area contributed by atoms with Crippen LogP contribution in [0.1, 0.15) is 0 Å². The molecule has 0 bridgehead atoms. The van der Waals surface area contributed by atoms with Crippen LogP contribution in [0.4, 0.5) is 17.1 Å². The zero-order chi connectivity index (χ0) is 32.7. The Labute approximate surface area is 289 Å². The third kappa shape index (κ3) is 5.12. The van der Waals surface area contributed by atoms with Crippen molar-refractivity contribution in [2.75, 3.05) is 4.90 Å². The summed E-state index contributed by atoms with van der Waals surface area (Å²) in [5.41, 5.74) is 9.93. The van der Waals surface area contributed by atoms with Crippen molar-refractivity contribution < 1.29 is 0 Å². The Morgan fingerprint density at radius 3 is 1.90 bits per heavy atom. The number of halogens is 1. The molecule has 0 N–H and O–H groups in total. The number of benzene rings is 7. The minimum absolute atomic E-state index is 0.699. The quantitative estimate of drug-likeness (QED) is 0.179. The van der Waals surface area contributed by atoms with Gasteiger partial charge in [0.25, 0.3) is 0 Å². The number of para-hydroxylation sites is 3. The predicted octanol–water partition coefficient (Wildman–Crippen LogP) is 12.8. The van der Waals surface area contributed by atoms with Crippen LogP contribution >= 0.6 is 11.6 Å². The molecule has 0 aliphatic carbocycles. The van der Waals surface area contributed by atoms with E-state index in [1.54, 1.807) is 0 Å². The average Bonchev–Trinajstić information content (AvgIpc) is 3.50. The standard InChI is InChI=1S/C45H30ClN3/c46-34-16-13-15-31(26-34)41-28-33(29-42-39-22-9-10-23-43(39)49(45(41)42)44-24-11-12-25-47-44)40-30-37(27-32-14-7-8-21-38(32)40)48(35-17-3-1-4-18-35)36-19-5-2-6-20-36/h1-30H. The molecule has 0 atom stereocenters. The van der Waals surface area contributed by atoms with Gasteiger partial charge in [0.15, 0.2) is 0 Å². The molecule has 232 valence electrons. The van der Waals surface area contributed by atoms with Gasteiger partial charge in [-0.15, -0.1) is 0 Å². The van der Waals surface area contributed by atoms with E-state index in [2.05, 4.69) is 161 Å². The topological polar surface area (TPSA) is 21.1 Å². The molecule has 9 rings (SSSR count). The lowest BCUT2D eigenvalue weighted by molar-refractivity contribution is 1.08. The highest BCUT2D eigenvalue weighted by molar-refractivity contribution is 6.31. The molecule has 0 unspecified atom stereocenters. The van der Waals surface area contributed by atoms with Crippen molar-refractivity contribution in [1.29, 1.82) is 0 Å². The van der Waals surface area contributed by atoms with Crippen LogP contribution in [0, 0.1) is 0 Å². The second-order valence-electron chi connectivity index (χ2n) is 12.2. The van der Waals surface area contributed by atoms with E-state index in [4.69, 9.17) is 16.6 Å². The van der Waals surface area contributed by atoms with E-state index in [-0.39, 0.29) is 0 Å². The highest BCUT2D eigenvalue weighted by Gasteiger charge is 2.21. The van der Waals surface area contributed by atoms with E-state index < -0.39 is 0 Å². The first-order chi connectivity index (χ1) is 24.2. The number of pyridine rings is 1. The first kappa shape index (κ1) is 29.0. The molecule has 3 nitrogen and oxygen atoms in total. The van der Waals surface area contributed by atoms with Crippen LogP contribution in [-0.4, -0.2) is 9.55 Å². The lowest BCUT2D eigenvalue weighted by Gasteiger charge is -2.26. The summed E-state index contributed by atoms with van der Waals surface area (Å²) in [7, 11) is 0. The van der Waals surface area contributed by atoms with Gasteiger partial charge in [0, 0.05) is 44.6 Å². The number of rotatable bonds is 6. The number of hydrogen-bond acceptors (Lipinski definition) is 2. The van der Waals surface area contributed by atoms with Gasteiger partial charge in [0.1, 0.15) is 5.82 Å². The molecule has 0 fully saturated rings. The van der Waals surface area contributed by atoms with Crippen LogP contribution in [0.15, 0.2) is 182 Å². The molecule has 0 aliphatic rings. The van der Waals surface area contributed by atoms with Gasteiger partial charge in [-0.1, -0.05) is 109 Å². The van der Waals surface area contributed by atoms with E-state index >= 15 is 0 Å². The summed E-state index contributed by atoms with van der Waals surface area (Å²) in [4.78, 5) is 7.15. The number of aromatic nitrogens is 2. The zero-order valence-electron chi connectivity index (χ0n) is 26.5. The molecular weight excluding hydrogens is 618 g/mol. The maximum absolute atomic E-state index is 6.66. The van der Waals surface area contributed by atoms with E-state index in [1.165, 1.54) is 16.2 Å². The molecule has 0 spiro atoms. The monoisotopic (exact) mass is 647 g/mol.